The van der Waals surface area contributed by atoms with Gasteiger partial charge in [0.05, 0.1) is 0 Å². The number of carbonyl (C=O) groups excluding carboxylic acids is 2. The minimum Gasteiger partial charge on any atom is -0.456 e. The maximum absolute atomic E-state index is 12.1. The Hall–Kier alpha value is -2.25. The molecule has 0 unspecified atom stereocenters. The molecule has 3 rings (SSSR count). The highest BCUT2D eigenvalue weighted by molar-refractivity contribution is 5.92. The van der Waals surface area contributed by atoms with Crippen molar-refractivity contribution in [2.45, 2.75) is 38.5 Å². The topological polar surface area (TPSA) is 64.6 Å². The first-order valence-corrected chi connectivity index (χ1v) is 8.60. The number of carbonyl (C=O) groups is 2. The molecule has 0 aliphatic heterocycles. The van der Waals surface area contributed by atoms with Gasteiger partial charge in [-0.3, -0.25) is 9.59 Å². The van der Waals surface area contributed by atoms with Crippen LogP contribution in [0.3, 0.4) is 0 Å². The van der Waals surface area contributed by atoms with Crippen molar-refractivity contribution in [3.05, 3.63) is 24.3 Å². The second-order valence-electron chi connectivity index (χ2n) is 6.92. The molecule has 5 nitrogen and oxygen atoms in total. The molecule has 1 amide bonds. The fraction of sp³-hybridized carbons (Fsp3) is 0.556. The first-order chi connectivity index (χ1) is 12.3. The summed E-state index contributed by atoms with van der Waals surface area (Å²) in [7, 11) is 0. The summed E-state index contributed by atoms with van der Waals surface area (Å²) in [6.07, 6.45) is 0.281. The monoisotopic (exact) mass is 371 g/mol. The van der Waals surface area contributed by atoms with Crippen molar-refractivity contribution in [3.8, 4) is 5.75 Å². The van der Waals surface area contributed by atoms with Crippen LogP contribution in [0.5, 0.6) is 5.75 Å². The van der Waals surface area contributed by atoms with Gasteiger partial charge in [0, 0.05) is 12.1 Å². The van der Waals surface area contributed by atoms with Gasteiger partial charge in [-0.2, -0.15) is 0 Å². The average Bonchev–Trinajstić information content (AvgIpc) is 3.16. The molecule has 0 aromatic heterocycles. The van der Waals surface area contributed by atoms with E-state index in [4.69, 9.17) is 4.74 Å². The van der Waals surface area contributed by atoms with E-state index in [2.05, 4.69) is 10.1 Å². The van der Waals surface area contributed by atoms with Crippen LogP contribution in [0.2, 0.25) is 0 Å². The number of fused-ring (bicyclic) bond motifs is 2. The summed E-state index contributed by atoms with van der Waals surface area (Å²) in [5, 5.41) is 2.46. The zero-order chi connectivity index (χ0) is 18.7. The van der Waals surface area contributed by atoms with Gasteiger partial charge in [-0.05, 0) is 61.3 Å². The number of rotatable bonds is 6. The summed E-state index contributed by atoms with van der Waals surface area (Å²) in [4.78, 5) is 23.7. The molecule has 3 atom stereocenters. The Morgan fingerprint density at radius 3 is 2.42 bits per heavy atom. The van der Waals surface area contributed by atoms with Crippen LogP contribution in [0.4, 0.5) is 18.9 Å². The molecule has 2 fully saturated rings. The Bertz CT molecular complexity index is 659. The van der Waals surface area contributed by atoms with E-state index in [0.717, 1.165) is 24.5 Å². The molecule has 2 bridgehead atoms. The van der Waals surface area contributed by atoms with Crippen molar-refractivity contribution in [2.75, 3.05) is 11.9 Å². The normalized spacial score (nSPS) is 24.3. The zero-order valence-corrected chi connectivity index (χ0v) is 14.1. The molecule has 0 radical (unpaired) electrons. The number of alkyl halides is 3. The molecule has 2 aliphatic rings. The first-order valence-electron chi connectivity index (χ1n) is 8.60. The standard InChI is InChI=1S/C18H20F3NO4/c19-18(20,21)26-15-5-3-14(4-6-15)22-16(23)10-25-17(24)9-13-8-11-1-2-12(13)7-11/h3-6,11-13H,1-2,7-10H2,(H,22,23)/t11-,12-,13+/m0/s1. The van der Waals surface area contributed by atoms with E-state index in [1.807, 2.05) is 0 Å². The van der Waals surface area contributed by atoms with Crippen molar-refractivity contribution in [2.24, 2.45) is 17.8 Å². The lowest BCUT2D eigenvalue weighted by Gasteiger charge is -2.20. The number of nitrogens with one attached hydrogen (secondary N) is 1. The van der Waals surface area contributed by atoms with Crippen molar-refractivity contribution in [1.29, 1.82) is 0 Å². The van der Waals surface area contributed by atoms with Gasteiger partial charge in [-0.1, -0.05) is 6.42 Å². The molecule has 1 aromatic rings. The van der Waals surface area contributed by atoms with Crippen LogP contribution >= 0.6 is 0 Å². The van der Waals surface area contributed by atoms with Crippen LogP contribution in [0.1, 0.15) is 32.1 Å². The fourth-order valence-electron chi connectivity index (χ4n) is 3.98. The molecule has 1 aromatic carbocycles. The van der Waals surface area contributed by atoms with Crippen LogP contribution in [-0.2, 0) is 14.3 Å². The smallest absolute Gasteiger partial charge is 0.456 e. The summed E-state index contributed by atoms with van der Waals surface area (Å²) in [6.45, 7) is -0.416. The lowest BCUT2D eigenvalue weighted by atomic mass is 9.86. The molecule has 142 valence electrons. The largest absolute Gasteiger partial charge is 0.573 e. The van der Waals surface area contributed by atoms with E-state index in [0.29, 0.717) is 18.3 Å². The highest BCUT2D eigenvalue weighted by atomic mass is 19.4. The van der Waals surface area contributed by atoms with Crippen LogP contribution in [0.15, 0.2) is 24.3 Å². The predicted molar refractivity (Wildman–Crippen MR) is 86.3 cm³/mol. The van der Waals surface area contributed by atoms with E-state index in [1.54, 1.807) is 0 Å². The number of halogens is 3. The second kappa shape index (κ2) is 7.55. The summed E-state index contributed by atoms with van der Waals surface area (Å²) in [6, 6.07) is 4.72. The van der Waals surface area contributed by atoms with Gasteiger partial charge in [0.25, 0.3) is 5.91 Å². The molecular weight excluding hydrogens is 351 g/mol. The molecule has 0 saturated heterocycles. The molecular formula is C18H20F3NO4. The summed E-state index contributed by atoms with van der Waals surface area (Å²) >= 11 is 0. The Morgan fingerprint density at radius 2 is 1.85 bits per heavy atom. The van der Waals surface area contributed by atoms with Gasteiger partial charge in [-0.15, -0.1) is 13.2 Å². The van der Waals surface area contributed by atoms with Crippen LogP contribution in [0, 0.1) is 17.8 Å². The number of hydrogen-bond acceptors (Lipinski definition) is 4. The Balaban J connectivity index is 1.39. The highest BCUT2D eigenvalue weighted by Crippen LogP contribution is 2.49. The average molecular weight is 371 g/mol. The number of hydrogen-bond donors (Lipinski definition) is 1. The summed E-state index contributed by atoms with van der Waals surface area (Å²) in [5.74, 6) is 0.407. The number of anilines is 1. The van der Waals surface area contributed by atoms with Crippen molar-refractivity contribution in [3.63, 3.8) is 0 Å². The second-order valence-corrected chi connectivity index (χ2v) is 6.92. The zero-order valence-electron chi connectivity index (χ0n) is 14.1. The molecule has 2 saturated carbocycles. The first kappa shape index (κ1) is 18.5. The molecule has 0 heterocycles. The van der Waals surface area contributed by atoms with Gasteiger partial charge < -0.3 is 14.8 Å². The minimum absolute atomic E-state index is 0.286. The third-order valence-electron chi connectivity index (χ3n) is 5.05. The quantitative estimate of drug-likeness (QED) is 0.771. The summed E-state index contributed by atoms with van der Waals surface area (Å²) in [5.41, 5.74) is 0.286. The van der Waals surface area contributed by atoms with Gasteiger partial charge in [0.1, 0.15) is 5.75 Å². The number of esters is 1. The maximum Gasteiger partial charge on any atom is 0.573 e. The molecule has 26 heavy (non-hydrogen) atoms. The Kier molecular flexibility index (Phi) is 5.38. The third kappa shape index (κ3) is 5.12. The highest BCUT2D eigenvalue weighted by Gasteiger charge is 2.40. The van der Waals surface area contributed by atoms with Crippen molar-refractivity contribution in [1.82, 2.24) is 0 Å². The maximum atomic E-state index is 12.1. The van der Waals surface area contributed by atoms with Gasteiger partial charge in [0.2, 0.25) is 0 Å². The Labute approximate surface area is 148 Å². The van der Waals surface area contributed by atoms with E-state index in [1.165, 1.54) is 31.4 Å². The third-order valence-corrected chi connectivity index (χ3v) is 5.05. The van der Waals surface area contributed by atoms with Crippen LogP contribution in [-0.4, -0.2) is 24.8 Å². The molecule has 0 spiro atoms. The van der Waals surface area contributed by atoms with Crippen molar-refractivity contribution >= 4 is 17.6 Å². The molecule has 2 aliphatic carbocycles. The lowest BCUT2D eigenvalue weighted by Crippen LogP contribution is -2.23. The summed E-state index contributed by atoms with van der Waals surface area (Å²) < 4.78 is 45.0. The lowest BCUT2D eigenvalue weighted by molar-refractivity contribution is -0.274. The van der Waals surface area contributed by atoms with Gasteiger partial charge >= 0.3 is 12.3 Å². The van der Waals surface area contributed by atoms with Gasteiger partial charge in [0.15, 0.2) is 6.61 Å². The number of benzene rings is 1. The predicted octanol–water partition coefficient (Wildman–Crippen LogP) is 3.89. The van der Waals surface area contributed by atoms with Crippen LogP contribution in [0.25, 0.3) is 0 Å². The molecule has 8 heteroatoms. The van der Waals surface area contributed by atoms with Crippen LogP contribution < -0.4 is 10.1 Å². The van der Waals surface area contributed by atoms with E-state index >= 15 is 0 Å². The van der Waals surface area contributed by atoms with E-state index < -0.39 is 18.9 Å². The SMILES string of the molecule is O=C(COC(=O)C[C@H]1C[C@H]2CC[C@H]1C2)Nc1ccc(OC(F)(F)F)cc1. The fourth-order valence-corrected chi connectivity index (χ4v) is 3.98. The van der Waals surface area contributed by atoms with E-state index in [-0.39, 0.29) is 17.4 Å². The van der Waals surface area contributed by atoms with Crippen molar-refractivity contribution < 1.29 is 32.2 Å². The van der Waals surface area contributed by atoms with E-state index in [9.17, 15) is 22.8 Å². The number of amides is 1. The molecule has 1 N–H and O–H groups in total. The Morgan fingerprint density at radius 1 is 1.12 bits per heavy atom. The van der Waals surface area contributed by atoms with Gasteiger partial charge in [-0.25, -0.2) is 0 Å². The number of ether oxygens (including phenoxy) is 2. The minimum atomic E-state index is -4.77.